The maximum atomic E-state index is 14.6. The lowest BCUT2D eigenvalue weighted by Gasteiger charge is -2.21. The molecule has 7 heteroatoms. The van der Waals surface area contributed by atoms with Crippen molar-refractivity contribution in [1.82, 2.24) is 14.9 Å². The van der Waals surface area contributed by atoms with Crippen LogP contribution in [0.1, 0.15) is 67.7 Å². The second-order valence-corrected chi connectivity index (χ2v) is 12.8. The number of nitrogens with two attached hydrogens (primary N) is 1. The van der Waals surface area contributed by atoms with E-state index >= 15 is 0 Å². The Labute approximate surface area is 274 Å². The molecule has 2 aromatic heterocycles. The standard InChI is InChI=1S/C39H49FN6/c1-26(34-21-32(24-43-25-34)19-30-11-8-7-9-12-30)14-15-36(41)27(2)38(42)29(4)45-37-16-17-44-39(28(37)3)33-20-31(22-35(40)23-33)13-10-18-46(5)6/h14-17,20-25,30,42H,2,4,7-13,18-19,41H2,1,3,5-6H3,(H,44,45)/b26-14+,36-15+,42-38?. The molecule has 0 saturated heterocycles. The molecule has 6 nitrogen and oxygen atoms in total. The van der Waals surface area contributed by atoms with E-state index in [4.69, 9.17) is 11.1 Å². The Bertz CT molecular complexity index is 1630. The van der Waals surface area contributed by atoms with Crippen LogP contribution in [0.2, 0.25) is 0 Å². The normalized spacial score (nSPS) is 14.4. The zero-order valence-corrected chi connectivity index (χ0v) is 27.9. The highest BCUT2D eigenvalue weighted by molar-refractivity contribution is 6.13. The summed E-state index contributed by atoms with van der Waals surface area (Å²) in [5.41, 5.74) is 14.8. The van der Waals surface area contributed by atoms with E-state index in [9.17, 15) is 4.39 Å². The summed E-state index contributed by atoms with van der Waals surface area (Å²) in [4.78, 5) is 11.2. The van der Waals surface area contributed by atoms with Crippen molar-refractivity contribution >= 4 is 17.0 Å². The molecule has 1 aromatic carbocycles. The van der Waals surface area contributed by atoms with Crippen LogP contribution < -0.4 is 11.1 Å². The second-order valence-electron chi connectivity index (χ2n) is 12.8. The first kappa shape index (κ1) is 34.5. The number of pyridine rings is 2. The van der Waals surface area contributed by atoms with Gasteiger partial charge in [0.15, 0.2) is 0 Å². The molecule has 2 heterocycles. The number of nitrogens with one attached hydrogen (secondary N) is 2. The fourth-order valence-electron chi connectivity index (χ4n) is 6.00. The molecule has 1 aliphatic rings. The lowest BCUT2D eigenvalue weighted by molar-refractivity contribution is 0.356. The van der Waals surface area contributed by atoms with Gasteiger partial charge in [-0.15, -0.1) is 0 Å². The summed E-state index contributed by atoms with van der Waals surface area (Å²) < 4.78 is 14.6. The zero-order valence-electron chi connectivity index (χ0n) is 27.9. The largest absolute Gasteiger partial charge is 0.398 e. The lowest BCUT2D eigenvalue weighted by atomic mass is 9.85. The number of benzene rings is 1. The molecule has 4 N–H and O–H groups in total. The minimum absolute atomic E-state index is 0.0997. The molecule has 0 amide bonds. The van der Waals surface area contributed by atoms with Crippen molar-refractivity contribution in [2.45, 2.75) is 65.2 Å². The number of anilines is 1. The van der Waals surface area contributed by atoms with Gasteiger partial charge >= 0.3 is 0 Å². The third kappa shape index (κ3) is 9.57. The van der Waals surface area contributed by atoms with Gasteiger partial charge in [0.1, 0.15) is 5.82 Å². The molecule has 46 heavy (non-hydrogen) atoms. The Kier molecular flexibility index (Phi) is 12.2. The molecule has 0 unspecified atom stereocenters. The summed E-state index contributed by atoms with van der Waals surface area (Å²) in [5, 5.41) is 12.0. The monoisotopic (exact) mass is 620 g/mol. The number of aryl methyl sites for hydroxylation is 1. The average Bonchev–Trinajstić information content (AvgIpc) is 3.03. The zero-order chi connectivity index (χ0) is 33.2. The number of allylic oxidation sites excluding steroid dienone is 5. The Balaban J connectivity index is 1.42. The molecule has 0 bridgehead atoms. The van der Waals surface area contributed by atoms with Crippen LogP contribution in [-0.4, -0.2) is 41.2 Å². The quantitative estimate of drug-likeness (QED) is 0.124. The SMILES string of the molecule is C=C(Nc1ccnc(-c2cc(F)cc(CCCN(C)C)c2)c1C)C(=N)C(=C)/C(N)=C\C=C(/C)c1cncc(CC2CCCCC2)c1. The third-order valence-electron chi connectivity index (χ3n) is 8.76. The van der Waals surface area contributed by atoms with Crippen LogP contribution in [0.15, 0.2) is 91.2 Å². The average molecular weight is 621 g/mol. The molecule has 0 atom stereocenters. The molecule has 0 radical (unpaired) electrons. The van der Waals surface area contributed by atoms with Crippen LogP contribution in [0.5, 0.6) is 0 Å². The molecule has 242 valence electrons. The summed E-state index contributed by atoms with van der Waals surface area (Å²) in [7, 11) is 4.07. The predicted molar refractivity (Wildman–Crippen MR) is 191 cm³/mol. The molecule has 1 fully saturated rings. The molecule has 3 aromatic rings. The van der Waals surface area contributed by atoms with E-state index in [0.717, 1.165) is 65.2 Å². The van der Waals surface area contributed by atoms with Gasteiger partial charge in [-0.25, -0.2) is 4.39 Å². The molecular formula is C39H49FN6. The van der Waals surface area contributed by atoms with Gasteiger partial charge in [0.05, 0.1) is 17.1 Å². The van der Waals surface area contributed by atoms with E-state index in [1.165, 1.54) is 43.7 Å². The first-order valence-corrected chi connectivity index (χ1v) is 16.2. The maximum absolute atomic E-state index is 14.6. The predicted octanol–water partition coefficient (Wildman–Crippen LogP) is 8.66. The minimum Gasteiger partial charge on any atom is -0.398 e. The minimum atomic E-state index is -0.283. The topological polar surface area (TPSA) is 90.9 Å². The van der Waals surface area contributed by atoms with Crippen molar-refractivity contribution in [1.29, 1.82) is 5.41 Å². The second kappa shape index (κ2) is 16.3. The van der Waals surface area contributed by atoms with E-state index in [1.807, 2.05) is 58.5 Å². The summed E-state index contributed by atoms with van der Waals surface area (Å²) in [6.07, 6.45) is 18.7. The third-order valence-corrected chi connectivity index (χ3v) is 8.76. The summed E-state index contributed by atoms with van der Waals surface area (Å²) in [6.45, 7) is 13.1. The highest BCUT2D eigenvalue weighted by Gasteiger charge is 2.16. The van der Waals surface area contributed by atoms with Crippen LogP contribution in [0.3, 0.4) is 0 Å². The lowest BCUT2D eigenvalue weighted by Crippen LogP contribution is -2.16. The molecule has 1 aliphatic carbocycles. The summed E-state index contributed by atoms with van der Waals surface area (Å²) in [5.74, 6) is 0.468. The Morgan fingerprint density at radius 2 is 1.85 bits per heavy atom. The van der Waals surface area contributed by atoms with Gasteiger partial charge in [-0.2, -0.15) is 0 Å². The fourth-order valence-corrected chi connectivity index (χ4v) is 6.00. The smallest absolute Gasteiger partial charge is 0.124 e. The van der Waals surface area contributed by atoms with E-state index in [1.54, 1.807) is 18.3 Å². The van der Waals surface area contributed by atoms with Crippen LogP contribution in [0.25, 0.3) is 16.8 Å². The van der Waals surface area contributed by atoms with Crippen LogP contribution in [0.4, 0.5) is 10.1 Å². The summed E-state index contributed by atoms with van der Waals surface area (Å²) >= 11 is 0. The van der Waals surface area contributed by atoms with Crippen molar-refractivity contribution < 1.29 is 4.39 Å². The van der Waals surface area contributed by atoms with Gasteiger partial charge in [-0.1, -0.05) is 51.3 Å². The first-order valence-electron chi connectivity index (χ1n) is 16.2. The number of aromatic nitrogens is 2. The van der Waals surface area contributed by atoms with Crippen LogP contribution in [-0.2, 0) is 12.8 Å². The number of hydrogen-bond acceptors (Lipinski definition) is 6. The summed E-state index contributed by atoms with van der Waals surface area (Å²) in [6, 6.07) is 9.14. The first-order chi connectivity index (χ1) is 22.0. The van der Waals surface area contributed by atoms with Gasteiger partial charge in [0, 0.05) is 41.1 Å². The van der Waals surface area contributed by atoms with Crippen LogP contribution >= 0.6 is 0 Å². The van der Waals surface area contributed by atoms with Gasteiger partial charge in [0.25, 0.3) is 0 Å². The van der Waals surface area contributed by atoms with Crippen molar-refractivity contribution in [3.05, 3.63) is 119 Å². The van der Waals surface area contributed by atoms with Crippen molar-refractivity contribution in [2.24, 2.45) is 11.7 Å². The molecule has 0 spiro atoms. The maximum Gasteiger partial charge on any atom is 0.124 e. The molecule has 4 rings (SSSR count). The Morgan fingerprint density at radius 1 is 1.09 bits per heavy atom. The van der Waals surface area contributed by atoms with Crippen molar-refractivity contribution in [3.8, 4) is 11.3 Å². The Hall–Kier alpha value is -4.36. The highest BCUT2D eigenvalue weighted by atomic mass is 19.1. The number of hydrogen-bond donors (Lipinski definition) is 3. The van der Waals surface area contributed by atoms with Crippen molar-refractivity contribution in [3.63, 3.8) is 0 Å². The number of nitrogens with zero attached hydrogens (tertiary/aromatic N) is 3. The van der Waals surface area contributed by atoms with Gasteiger partial charge in [0.2, 0.25) is 0 Å². The number of halogens is 1. The molecule has 0 aliphatic heterocycles. The van der Waals surface area contributed by atoms with E-state index in [2.05, 4.69) is 39.4 Å². The van der Waals surface area contributed by atoms with Crippen molar-refractivity contribution in [2.75, 3.05) is 26.0 Å². The highest BCUT2D eigenvalue weighted by Crippen LogP contribution is 2.30. The van der Waals surface area contributed by atoms with E-state index in [-0.39, 0.29) is 11.5 Å². The number of rotatable bonds is 14. The van der Waals surface area contributed by atoms with E-state index in [0.29, 0.717) is 22.7 Å². The van der Waals surface area contributed by atoms with Crippen LogP contribution in [0, 0.1) is 24.1 Å². The molecule has 1 saturated carbocycles. The van der Waals surface area contributed by atoms with Gasteiger partial charge in [-0.05, 0) is 124 Å². The molecular weight excluding hydrogens is 571 g/mol. The van der Waals surface area contributed by atoms with Gasteiger partial charge < -0.3 is 16.0 Å². The van der Waals surface area contributed by atoms with E-state index < -0.39 is 0 Å². The Morgan fingerprint density at radius 3 is 2.59 bits per heavy atom. The fraction of sp³-hybridized carbons (Fsp3) is 0.359. The van der Waals surface area contributed by atoms with Gasteiger partial charge in [-0.3, -0.25) is 15.4 Å².